The van der Waals surface area contributed by atoms with Gasteiger partial charge in [-0.1, -0.05) is 6.07 Å². The van der Waals surface area contributed by atoms with E-state index in [1.165, 1.54) is 7.05 Å². The van der Waals surface area contributed by atoms with Crippen molar-refractivity contribution in [1.29, 1.82) is 0 Å². The summed E-state index contributed by atoms with van der Waals surface area (Å²) in [6, 6.07) is 12.5. The number of amides is 3. The number of likely N-dealkylation sites (N-methyl/N-ethyl adjacent to an activating group) is 1. The van der Waals surface area contributed by atoms with E-state index in [0.29, 0.717) is 25.4 Å². The monoisotopic (exact) mass is 551 g/mol. The lowest BCUT2D eigenvalue weighted by atomic mass is 10.1. The number of anilines is 1. The maximum absolute atomic E-state index is 13.2. The quantitative estimate of drug-likeness (QED) is 0.259. The van der Waals surface area contributed by atoms with E-state index in [9.17, 15) is 19.2 Å². The number of nitrogens with zero attached hydrogens (tertiary/aromatic N) is 3. The van der Waals surface area contributed by atoms with Gasteiger partial charge in [0, 0.05) is 43.2 Å². The molecule has 2 fully saturated rings. The molecule has 2 saturated heterocycles. The van der Waals surface area contributed by atoms with E-state index < -0.39 is 23.8 Å². The van der Waals surface area contributed by atoms with Crippen LogP contribution in [0.1, 0.15) is 46.4 Å². The molecule has 0 bridgehead atoms. The van der Waals surface area contributed by atoms with Gasteiger partial charge >= 0.3 is 0 Å². The number of rotatable bonds is 10. The summed E-state index contributed by atoms with van der Waals surface area (Å²) in [6.45, 7) is 3.25. The summed E-state index contributed by atoms with van der Waals surface area (Å²) < 4.78 is 8.55. The molecule has 0 radical (unpaired) electrons. The van der Waals surface area contributed by atoms with Gasteiger partial charge in [0.1, 0.15) is 24.2 Å². The van der Waals surface area contributed by atoms with Crippen LogP contribution in [0.5, 0.6) is 5.75 Å². The maximum atomic E-state index is 13.2. The fraction of sp³-hybridized carbons (Fsp3) is 0.429. The van der Waals surface area contributed by atoms with Crippen LogP contribution in [0.3, 0.4) is 0 Å². The van der Waals surface area contributed by atoms with E-state index in [0.717, 1.165) is 47.2 Å². The lowest BCUT2D eigenvalue weighted by Gasteiger charge is -2.40. The normalized spacial score (nSPS) is 19.0. The molecule has 206 valence electrons. The van der Waals surface area contributed by atoms with Crippen LogP contribution in [0.15, 0.2) is 47.4 Å². The largest absolute Gasteiger partial charge is 0.487 e. The first-order valence-electron chi connectivity index (χ1n) is 13.2. The number of fused-ring (bicyclic) bond motifs is 1. The summed E-state index contributed by atoms with van der Waals surface area (Å²) in [5, 5.41) is 2.49. The third-order valence-electron chi connectivity index (χ3n) is 7.37. The van der Waals surface area contributed by atoms with Crippen molar-refractivity contribution in [2.24, 2.45) is 5.73 Å². The molecular formula is C28H33N5O5S. The molecule has 0 aliphatic carbocycles. The highest BCUT2D eigenvalue weighted by Gasteiger charge is 2.43. The number of hydrogen-bond acceptors (Lipinski definition) is 9. The number of nitrogens with two attached hydrogens (primary N) is 1. The van der Waals surface area contributed by atoms with Crippen LogP contribution in [0.4, 0.5) is 5.69 Å². The Labute approximate surface area is 231 Å². The molecule has 3 aliphatic heterocycles. The topological polar surface area (TPSA) is 125 Å². The first-order chi connectivity index (χ1) is 18.9. The van der Waals surface area contributed by atoms with Crippen molar-refractivity contribution in [3.63, 3.8) is 0 Å². The Kier molecular flexibility index (Phi) is 8.20. The number of nitrogens with one attached hydrogen (secondary N) is 1. The molecule has 39 heavy (non-hydrogen) atoms. The minimum atomic E-state index is -1.03. The van der Waals surface area contributed by atoms with Gasteiger partial charge in [0.2, 0.25) is 5.91 Å². The van der Waals surface area contributed by atoms with Crippen molar-refractivity contribution in [2.45, 2.75) is 48.8 Å². The van der Waals surface area contributed by atoms with Crippen molar-refractivity contribution in [3.8, 4) is 5.75 Å². The molecule has 3 amide bonds. The minimum absolute atomic E-state index is 0.00120. The maximum Gasteiger partial charge on any atom is 0.262 e. The number of carbonyl (C=O) groups excluding carboxylic acids is 4. The van der Waals surface area contributed by atoms with Gasteiger partial charge in [-0.05, 0) is 67.6 Å². The zero-order valence-electron chi connectivity index (χ0n) is 21.9. The fourth-order valence-corrected chi connectivity index (χ4v) is 6.13. The van der Waals surface area contributed by atoms with E-state index in [1.807, 2.05) is 18.2 Å². The number of benzene rings is 2. The van der Waals surface area contributed by atoms with Gasteiger partial charge in [-0.3, -0.25) is 19.3 Å². The second-order valence-corrected chi connectivity index (χ2v) is 11.2. The Hall–Kier alpha value is -3.41. The molecule has 2 aromatic carbocycles. The Morgan fingerprint density at radius 3 is 2.59 bits per heavy atom. The number of aldehydes is 1. The molecule has 11 heteroatoms. The highest BCUT2D eigenvalue weighted by molar-refractivity contribution is 7.97. The molecular weight excluding hydrogens is 518 g/mol. The molecule has 10 nitrogen and oxygen atoms in total. The Balaban J connectivity index is 1.20. The molecule has 3 N–H and O–H groups in total. The lowest BCUT2D eigenvalue weighted by Crippen LogP contribution is -2.54. The van der Waals surface area contributed by atoms with Crippen molar-refractivity contribution in [2.75, 3.05) is 38.1 Å². The number of hydrogen-bond donors (Lipinski definition) is 2. The third kappa shape index (κ3) is 5.80. The van der Waals surface area contributed by atoms with Crippen LogP contribution in [0.2, 0.25) is 0 Å². The van der Waals surface area contributed by atoms with Gasteiger partial charge in [-0.2, -0.15) is 0 Å². The number of carbonyl (C=O) groups is 4. The SMILES string of the molecule is CNC(=O)C(CCC=O)N1C(=O)c2ccc(N3CC(Oc4cccc(SN5CCC(N)CC5)c4)C3)cc2C1=O. The van der Waals surface area contributed by atoms with Gasteiger partial charge in [0.05, 0.1) is 24.2 Å². The second kappa shape index (κ2) is 11.8. The van der Waals surface area contributed by atoms with Crippen LogP contribution < -0.4 is 20.7 Å². The van der Waals surface area contributed by atoms with E-state index in [2.05, 4.69) is 26.7 Å². The standard InChI is InChI=1S/C28H33N5O5S/c1-30-26(35)25(6-3-13-34)33-27(36)23-8-7-19(14-24(23)28(33)37)31-16-21(17-31)38-20-4-2-5-22(15-20)39-32-11-9-18(29)10-12-32/h2,4-5,7-8,13-15,18,21,25H,3,6,9-12,16-17,29H2,1H3,(H,30,35). The molecule has 0 spiro atoms. The third-order valence-corrected chi connectivity index (χ3v) is 8.46. The van der Waals surface area contributed by atoms with Crippen molar-refractivity contribution < 1.29 is 23.9 Å². The Morgan fingerprint density at radius 1 is 1.13 bits per heavy atom. The highest BCUT2D eigenvalue weighted by atomic mass is 32.2. The molecule has 3 aliphatic rings. The van der Waals surface area contributed by atoms with Gasteiger partial charge in [0.15, 0.2) is 0 Å². The van der Waals surface area contributed by atoms with Gasteiger partial charge in [-0.15, -0.1) is 0 Å². The van der Waals surface area contributed by atoms with Crippen molar-refractivity contribution in [1.82, 2.24) is 14.5 Å². The van der Waals surface area contributed by atoms with Crippen molar-refractivity contribution >= 4 is 41.6 Å². The molecule has 3 heterocycles. The van der Waals surface area contributed by atoms with Crippen molar-refractivity contribution in [3.05, 3.63) is 53.6 Å². The second-order valence-electron chi connectivity index (χ2n) is 10.1. The number of ether oxygens (including phenoxy) is 1. The molecule has 5 rings (SSSR count). The first kappa shape index (κ1) is 27.2. The van der Waals surface area contributed by atoms with Gasteiger partial charge < -0.3 is 25.5 Å². The smallest absolute Gasteiger partial charge is 0.262 e. The van der Waals surface area contributed by atoms with E-state index in [1.54, 1.807) is 24.1 Å². The van der Waals surface area contributed by atoms with Gasteiger partial charge in [0.25, 0.3) is 11.8 Å². The van der Waals surface area contributed by atoms with E-state index >= 15 is 0 Å². The number of imide groups is 1. The molecule has 2 aromatic rings. The summed E-state index contributed by atoms with van der Waals surface area (Å²) in [6.07, 6.45) is 2.85. The summed E-state index contributed by atoms with van der Waals surface area (Å²) >= 11 is 1.73. The van der Waals surface area contributed by atoms with Gasteiger partial charge in [-0.25, -0.2) is 4.31 Å². The van der Waals surface area contributed by atoms with E-state index in [-0.39, 0.29) is 30.1 Å². The first-order valence-corrected chi connectivity index (χ1v) is 14.0. The van der Waals surface area contributed by atoms with Crippen LogP contribution in [0.25, 0.3) is 0 Å². The molecule has 1 atom stereocenters. The average molecular weight is 552 g/mol. The number of piperidine rings is 1. The van der Waals surface area contributed by atoms with E-state index in [4.69, 9.17) is 10.5 Å². The summed E-state index contributed by atoms with van der Waals surface area (Å²) in [7, 11) is 1.44. The minimum Gasteiger partial charge on any atom is -0.487 e. The highest BCUT2D eigenvalue weighted by Crippen LogP contribution is 2.33. The zero-order chi connectivity index (χ0) is 27.5. The van der Waals surface area contributed by atoms with Crippen LogP contribution in [0, 0.1) is 0 Å². The predicted octanol–water partition coefficient (Wildman–Crippen LogP) is 2.07. The molecule has 0 saturated carbocycles. The fourth-order valence-electron chi connectivity index (χ4n) is 5.13. The summed E-state index contributed by atoms with van der Waals surface area (Å²) in [5.74, 6) is -0.693. The van der Waals surface area contributed by atoms with Crippen LogP contribution in [-0.4, -0.2) is 84.6 Å². The van der Waals surface area contributed by atoms with Crippen LogP contribution >= 0.6 is 11.9 Å². The molecule has 0 aromatic heterocycles. The van der Waals surface area contributed by atoms with Crippen LogP contribution in [-0.2, 0) is 9.59 Å². The predicted molar refractivity (Wildman–Crippen MR) is 148 cm³/mol. The Bertz CT molecular complexity index is 1260. The Morgan fingerprint density at radius 2 is 1.87 bits per heavy atom. The summed E-state index contributed by atoms with van der Waals surface area (Å²) in [5.41, 5.74) is 7.36. The summed E-state index contributed by atoms with van der Waals surface area (Å²) in [4.78, 5) is 53.7. The lowest BCUT2D eigenvalue weighted by molar-refractivity contribution is -0.124. The zero-order valence-corrected chi connectivity index (χ0v) is 22.7. The average Bonchev–Trinajstić information content (AvgIpc) is 3.16. The molecule has 1 unspecified atom stereocenters.